The van der Waals surface area contributed by atoms with Crippen molar-refractivity contribution in [3.63, 3.8) is 0 Å². The van der Waals surface area contributed by atoms with Crippen LogP contribution in [0.1, 0.15) is 14.6 Å². The highest BCUT2D eigenvalue weighted by Gasteiger charge is 2.16. The maximum atomic E-state index is 12.8. The quantitative estimate of drug-likeness (QED) is 0.643. The maximum Gasteiger partial charge on any atom is 0.273 e. The van der Waals surface area contributed by atoms with Crippen LogP contribution in [0.15, 0.2) is 42.9 Å². The molecule has 0 fully saturated rings. The summed E-state index contributed by atoms with van der Waals surface area (Å²) in [5.41, 5.74) is 1.53. The van der Waals surface area contributed by atoms with E-state index in [0.717, 1.165) is 5.56 Å². The molecule has 28 heavy (non-hydrogen) atoms. The number of amides is 1. The zero-order valence-electron chi connectivity index (χ0n) is 17.7. The van der Waals surface area contributed by atoms with Crippen molar-refractivity contribution in [1.29, 1.82) is 0 Å². The largest absolute Gasteiger partial charge is 0.485 e. The Morgan fingerprint density at radius 3 is 2.89 bits per heavy atom. The van der Waals surface area contributed by atoms with Crippen LogP contribution in [-0.4, -0.2) is 45.9 Å². The Bertz CT molecular complexity index is 1070. The molecule has 0 aliphatic rings. The molecule has 0 spiro atoms. The fourth-order valence-corrected chi connectivity index (χ4v) is 2.45. The monoisotopic (exact) mass is 391 g/mol. The Kier molecular flexibility index (Phi) is 4.66. The van der Waals surface area contributed by atoms with Gasteiger partial charge >= 0.3 is 0 Å². The van der Waals surface area contributed by atoms with Gasteiger partial charge in [0.05, 0.1) is 23.8 Å². The average molecular weight is 391 g/mol. The van der Waals surface area contributed by atoms with Gasteiger partial charge in [-0.15, -0.1) is 5.10 Å². The normalized spacial score (nSPS) is 12.8. The molecule has 0 saturated carbocycles. The number of halogens is 2. The number of carbonyl (C=O) groups excluding carboxylic acids is 1. The lowest BCUT2D eigenvalue weighted by molar-refractivity contribution is 0.0823. The van der Waals surface area contributed by atoms with Gasteiger partial charge in [-0.05, 0) is 23.8 Å². The molecule has 0 radical (unpaired) electrons. The number of anilines is 2. The lowest BCUT2D eigenvalue weighted by atomic mass is 10.1. The third-order valence-electron chi connectivity index (χ3n) is 3.70. The number of carbonyl (C=O) groups is 1. The van der Waals surface area contributed by atoms with Crippen molar-refractivity contribution in [2.24, 2.45) is 7.05 Å². The zero-order valence-corrected chi connectivity index (χ0v) is 14.7. The summed E-state index contributed by atoms with van der Waals surface area (Å²) in [6.45, 7) is -3.56. The Morgan fingerprint density at radius 2 is 2.18 bits per heavy atom. The lowest BCUT2D eigenvalue weighted by Gasteiger charge is -2.15. The Morgan fingerprint density at radius 1 is 1.32 bits per heavy atom. The number of ether oxygens (including phenoxy) is 1. The van der Waals surface area contributed by atoms with Gasteiger partial charge in [-0.1, -0.05) is 6.07 Å². The Balaban J connectivity index is 1.94. The molecular formula is C18H18F2N6O2. The van der Waals surface area contributed by atoms with E-state index in [4.69, 9.17) is 8.85 Å². The van der Waals surface area contributed by atoms with Gasteiger partial charge in [0.25, 0.3) is 12.3 Å². The molecule has 8 nitrogen and oxygen atoms in total. The molecule has 0 atom stereocenters. The van der Waals surface area contributed by atoms with Gasteiger partial charge in [0.15, 0.2) is 5.69 Å². The smallest absolute Gasteiger partial charge is 0.273 e. The molecule has 10 heteroatoms. The first-order chi connectivity index (χ1) is 14.6. The van der Waals surface area contributed by atoms with Crippen LogP contribution in [0.3, 0.4) is 0 Å². The Labute approximate surface area is 163 Å². The molecule has 0 unspecified atom stereocenters. The van der Waals surface area contributed by atoms with E-state index >= 15 is 0 Å². The van der Waals surface area contributed by atoms with Gasteiger partial charge in [-0.3, -0.25) is 9.48 Å². The van der Waals surface area contributed by atoms with Gasteiger partial charge in [0.1, 0.15) is 12.4 Å². The fourth-order valence-electron chi connectivity index (χ4n) is 2.45. The molecule has 3 aromatic rings. The van der Waals surface area contributed by atoms with Crippen LogP contribution in [0, 0.1) is 0 Å². The van der Waals surface area contributed by atoms with Crippen molar-refractivity contribution in [2.75, 3.05) is 18.9 Å². The minimum Gasteiger partial charge on any atom is -0.485 e. The van der Waals surface area contributed by atoms with E-state index in [1.807, 2.05) is 5.32 Å². The molecule has 3 rings (SSSR count). The maximum absolute atomic E-state index is 12.8. The third-order valence-corrected chi connectivity index (χ3v) is 3.70. The van der Waals surface area contributed by atoms with Crippen LogP contribution < -0.4 is 15.4 Å². The van der Waals surface area contributed by atoms with E-state index in [0.29, 0.717) is 5.56 Å². The first kappa shape index (κ1) is 15.5. The molecule has 0 bridgehead atoms. The van der Waals surface area contributed by atoms with Gasteiger partial charge in [-0.25, -0.2) is 8.78 Å². The second kappa shape index (κ2) is 8.42. The molecule has 1 amide bonds. The van der Waals surface area contributed by atoms with Crippen LogP contribution in [0.4, 0.5) is 20.2 Å². The molecule has 1 aromatic carbocycles. The van der Waals surface area contributed by atoms with E-state index in [1.54, 1.807) is 42.3 Å². The molecule has 146 valence electrons. The number of benzene rings is 1. The number of nitrogens with one attached hydrogen (secondary N) is 2. The predicted octanol–water partition coefficient (Wildman–Crippen LogP) is 2.62. The molecular weight excluding hydrogens is 370 g/mol. The number of rotatable bonds is 7. The number of aromatic nitrogens is 4. The molecule has 2 N–H and O–H groups in total. The van der Waals surface area contributed by atoms with Crippen molar-refractivity contribution in [3.8, 4) is 16.9 Å². The molecule has 2 aromatic heterocycles. The zero-order chi connectivity index (χ0) is 22.6. The average Bonchev–Trinajstić information content (AvgIpc) is 3.12. The van der Waals surface area contributed by atoms with E-state index in [-0.39, 0.29) is 22.8 Å². The van der Waals surface area contributed by atoms with E-state index < -0.39 is 25.9 Å². The summed E-state index contributed by atoms with van der Waals surface area (Å²) in [5.74, 6) is -0.877. The minimum atomic E-state index is -2.72. The summed E-state index contributed by atoms with van der Waals surface area (Å²) in [6.07, 6.45) is 1.96. The van der Waals surface area contributed by atoms with E-state index in [1.165, 1.54) is 12.3 Å². The predicted molar refractivity (Wildman–Crippen MR) is 98.8 cm³/mol. The van der Waals surface area contributed by atoms with Crippen molar-refractivity contribution in [2.45, 2.75) is 6.43 Å². The Hall–Kier alpha value is -3.56. The second-order valence-electron chi connectivity index (χ2n) is 5.69. The minimum absolute atomic E-state index is 0.0978. The van der Waals surface area contributed by atoms with Crippen molar-refractivity contribution < 1.29 is 22.4 Å². The summed E-state index contributed by atoms with van der Waals surface area (Å²) in [5, 5.41) is 16.1. The fraction of sp³-hybridized carbons (Fsp3) is 0.222. The van der Waals surface area contributed by atoms with Crippen molar-refractivity contribution in [1.82, 2.24) is 25.3 Å². The van der Waals surface area contributed by atoms with Crippen molar-refractivity contribution in [3.05, 3.63) is 48.5 Å². The van der Waals surface area contributed by atoms with Crippen molar-refractivity contribution >= 4 is 17.3 Å². The van der Waals surface area contributed by atoms with Gasteiger partial charge in [0, 0.05) is 29.9 Å². The van der Waals surface area contributed by atoms with E-state index in [2.05, 4.69) is 20.6 Å². The molecule has 0 saturated heterocycles. The summed E-state index contributed by atoms with van der Waals surface area (Å²) in [4.78, 5) is 12.3. The van der Waals surface area contributed by atoms with Crippen LogP contribution in [-0.2, 0) is 7.05 Å². The number of nitrogens with zero attached hydrogens (tertiary/aromatic N) is 4. The third kappa shape index (κ3) is 4.40. The lowest BCUT2D eigenvalue weighted by Crippen LogP contribution is -2.21. The molecule has 2 heterocycles. The number of aryl methyl sites for hydroxylation is 1. The molecule has 0 aliphatic carbocycles. The molecule has 0 aliphatic heterocycles. The first-order valence-electron chi connectivity index (χ1n) is 9.57. The number of hydrogen-bond acceptors (Lipinski definition) is 6. The van der Waals surface area contributed by atoms with Gasteiger partial charge in [-0.2, -0.15) is 10.2 Å². The highest BCUT2D eigenvalue weighted by atomic mass is 19.3. The standard InChI is InChI=1S/C18H18F2N6O2/c1-21-18(27)17-14(5-6-22-25-17)24-13-4-3-11(12-8-23-26(2)9-12)7-15(13)28-10-16(19)20/h3-9,16H,10H2,1-2H3,(H,21,27)(H,22,24)/i1D3. The van der Waals surface area contributed by atoms with Gasteiger partial charge < -0.3 is 15.4 Å². The van der Waals surface area contributed by atoms with Crippen LogP contribution >= 0.6 is 0 Å². The van der Waals surface area contributed by atoms with Crippen LogP contribution in [0.5, 0.6) is 5.75 Å². The SMILES string of the molecule is [2H]C([2H])([2H])NC(=O)c1nnccc1Nc1ccc(-c2cnn(C)c2)cc1OCC(F)F. The highest BCUT2D eigenvalue weighted by molar-refractivity contribution is 5.98. The number of alkyl halides is 2. The highest BCUT2D eigenvalue weighted by Crippen LogP contribution is 2.33. The number of hydrogen-bond donors (Lipinski definition) is 2. The summed E-state index contributed by atoms with van der Waals surface area (Å²) in [6, 6.07) is 6.24. The summed E-state index contributed by atoms with van der Waals surface area (Å²) in [7, 11) is 1.75. The topological polar surface area (TPSA) is 94.0 Å². The van der Waals surface area contributed by atoms with Gasteiger partial charge in [0.2, 0.25) is 0 Å². The summed E-state index contributed by atoms with van der Waals surface area (Å²) >= 11 is 0. The first-order valence-corrected chi connectivity index (χ1v) is 8.07. The van der Waals surface area contributed by atoms with Crippen LogP contribution in [0.25, 0.3) is 11.1 Å². The summed E-state index contributed by atoms with van der Waals surface area (Å²) < 4.78 is 53.9. The van der Waals surface area contributed by atoms with Crippen LogP contribution in [0.2, 0.25) is 0 Å². The van der Waals surface area contributed by atoms with E-state index in [9.17, 15) is 13.6 Å². The second-order valence-corrected chi connectivity index (χ2v) is 5.69.